The van der Waals surface area contributed by atoms with Gasteiger partial charge in [-0.25, -0.2) is 4.39 Å². The fourth-order valence-electron chi connectivity index (χ4n) is 2.25. The molecule has 0 N–H and O–H groups in total. The molecule has 0 bridgehead atoms. The molecule has 0 spiro atoms. The van der Waals surface area contributed by atoms with Crippen LogP contribution in [0.4, 0.5) is 4.39 Å². The number of aryl methyl sites for hydroxylation is 1. The highest BCUT2D eigenvalue weighted by molar-refractivity contribution is 5.29. The summed E-state index contributed by atoms with van der Waals surface area (Å²) < 4.78 is 13.3. The Morgan fingerprint density at radius 1 is 1.29 bits per heavy atom. The summed E-state index contributed by atoms with van der Waals surface area (Å²) in [4.78, 5) is 5.97. The molecule has 0 saturated heterocycles. The first-order valence-corrected chi connectivity index (χ1v) is 6.86. The van der Waals surface area contributed by atoms with Crippen LogP contribution in [0.15, 0.2) is 42.7 Å². The Labute approximate surface area is 124 Å². The van der Waals surface area contributed by atoms with Gasteiger partial charge in [-0.2, -0.15) is 5.26 Å². The zero-order valence-corrected chi connectivity index (χ0v) is 12.3. The number of halogens is 1. The van der Waals surface area contributed by atoms with E-state index in [4.69, 9.17) is 0 Å². The highest BCUT2D eigenvalue weighted by Gasteiger charge is 2.17. The van der Waals surface area contributed by atoms with Crippen LogP contribution in [0.1, 0.15) is 22.7 Å². The van der Waals surface area contributed by atoms with E-state index in [1.807, 2.05) is 24.1 Å². The minimum atomic E-state index is -0.369. The van der Waals surface area contributed by atoms with Crippen molar-refractivity contribution in [3.8, 4) is 6.07 Å². The fraction of sp³-hybridized carbons (Fsp3) is 0.294. The maximum Gasteiger partial charge on any atom is 0.126 e. The second kappa shape index (κ2) is 6.96. The van der Waals surface area contributed by atoms with Crippen LogP contribution in [0.5, 0.6) is 0 Å². The van der Waals surface area contributed by atoms with Crippen molar-refractivity contribution in [1.29, 1.82) is 5.26 Å². The van der Waals surface area contributed by atoms with Crippen LogP contribution in [0.3, 0.4) is 0 Å². The third-order valence-corrected chi connectivity index (χ3v) is 3.56. The highest BCUT2D eigenvalue weighted by atomic mass is 19.1. The van der Waals surface area contributed by atoms with E-state index in [1.165, 1.54) is 11.6 Å². The van der Waals surface area contributed by atoms with E-state index in [0.29, 0.717) is 5.56 Å². The zero-order chi connectivity index (χ0) is 15.2. The Balaban J connectivity index is 2.06. The molecule has 3 nitrogen and oxygen atoms in total. The van der Waals surface area contributed by atoms with Gasteiger partial charge in [0.05, 0.1) is 6.07 Å². The Morgan fingerprint density at radius 3 is 2.62 bits per heavy atom. The van der Waals surface area contributed by atoms with Crippen LogP contribution in [0.25, 0.3) is 0 Å². The topological polar surface area (TPSA) is 39.9 Å². The Hall–Kier alpha value is -2.25. The third-order valence-electron chi connectivity index (χ3n) is 3.56. The van der Waals surface area contributed by atoms with Gasteiger partial charge in [-0.1, -0.05) is 12.1 Å². The first kappa shape index (κ1) is 15.1. The summed E-state index contributed by atoms with van der Waals surface area (Å²) in [5.41, 5.74) is 2.58. The number of rotatable bonds is 5. The second-order valence-corrected chi connectivity index (χ2v) is 5.13. The van der Waals surface area contributed by atoms with Crippen molar-refractivity contribution in [2.24, 2.45) is 0 Å². The SMILES string of the molecule is Cc1cc(C(C#N)N(C)CCc2ccncc2)ccc1F. The van der Waals surface area contributed by atoms with Crippen LogP contribution < -0.4 is 0 Å². The largest absolute Gasteiger partial charge is 0.287 e. The van der Waals surface area contributed by atoms with E-state index in [9.17, 15) is 9.65 Å². The molecule has 0 aliphatic heterocycles. The lowest BCUT2D eigenvalue weighted by Gasteiger charge is -2.23. The summed E-state index contributed by atoms with van der Waals surface area (Å²) in [6, 6.07) is 10.7. The molecule has 1 aromatic heterocycles. The predicted molar refractivity (Wildman–Crippen MR) is 80.1 cm³/mol. The van der Waals surface area contributed by atoms with Crippen LogP contribution in [-0.4, -0.2) is 23.5 Å². The summed E-state index contributed by atoms with van der Waals surface area (Å²) >= 11 is 0. The van der Waals surface area contributed by atoms with Crippen molar-refractivity contribution in [3.05, 3.63) is 65.2 Å². The van der Waals surface area contributed by atoms with Crippen LogP contribution in [0, 0.1) is 24.1 Å². The number of hydrogen-bond acceptors (Lipinski definition) is 3. The average Bonchev–Trinajstić information content (AvgIpc) is 2.50. The normalized spacial score (nSPS) is 12.1. The van der Waals surface area contributed by atoms with E-state index in [-0.39, 0.29) is 11.9 Å². The maximum absolute atomic E-state index is 13.3. The molecule has 0 aliphatic carbocycles. The molecular formula is C17H18FN3. The molecular weight excluding hydrogens is 265 g/mol. The third kappa shape index (κ3) is 3.87. The number of likely N-dealkylation sites (N-methyl/N-ethyl adjacent to an activating group) is 1. The lowest BCUT2D eigenvalue weighted by molar-refractivity contribution is 0.295. The molecule has 0 fully saturated rings. The molecule has 4 heteroatoms. The molecule has 2 rings (SSSR count). The monoisotopic (exact) mass is 283 g/mol. The van der Waals surface area contributed by atoms with Crippen LogP contribution in [0.2, 0.25) is 0 Å². The minimum absolute atomic E-state index is 0.241. The first-order valence-electron chi connectivity index (χ1n) is 6.86. The van der Waals surface area contributed by atoms with Gasteiger partial charge in [-0.3, -0.25) is 9.88 Å². The number of benzene rings is 1. The quantitative estimate of drug-likeness (QED) is 0.845. The van der Waals surface area contributed by atoms with Crippen LogP contribution >= 0.6 is 0 Å². The molecule has 2 aromatic rings. The van der Waals surface area contributed by atoms with Crippen molar-refractivity contribution in [1.82, 2.24) is 9.88 Å². The Bertz CT molecular complexity index is 634. The predicted octanol–water partition coefficient (Wildman–Crippen LogP) is 3.27. The van der Waals surface area contributed by atoms with Gasteiger partial charge in [0.2, 0.25) is 0 Å². The van der Waals surface area contributed by atoms with Gasteiger partial charge in [0, 0.05) is 18.9 Å². The van der Waals surface area contributed by atoms with Crippen molar-refractivity contribution in [3.63, 3.8) is 0 Å². The van der Waals surface area contributed by atoms with Crippen molar-refractivity contribution in [2.45, 2.75) is 19.4 Å². The number of aromatic nitrogens is 1. The molecule has 108 valence electrons. The van der Waals surface area contributed by atoms with E-state index in [1.54, 1.807) is 31.5 Å². The molecule has 0 aliphatic rings. The Morgan fingerprint density at radius 2 is 2.00 bits per heavy atom. The van der Waals surface area contributed by atoms with E-state index >= 15 is 0 Å². The van der Waals surface area contributed by atoms with Gasteiger partial charge >= 0.3 is 0 Å². The average molecular weight is 283 g/mol. The first-order chi connectivity index (χ1) is 10.1. The number of nitrogens with zero attached hydrogens (tertiary/aromatic N) is 3. The van der Waals surface area contributed by atoms with Gasteiger partial charge in [-0.15, -0.1) is 0 Å². The molecule has 21 heavy (non-hydrogen) atoms. The molecule has 1 heterocycles. The molecule has 0 radical (unpaired) electrons. The molecule has 0 saturated carbocycles. The second-order valence-electron chi connectivity index (χ2n) is 5.13. The van der Waals surface area contributed by atoms with Gasteiger partial charge in [0.25, 0.3) is 0 Å². The lowest BCUT2D eigenvalue weighted by Crippen LogP contribution is -2.26. The molecule has 0 amide bonds. The summed E-state index contributed by atoms with van der Waals surface area (Å²) in [5.74, 6) is -0.241. The van der Waals surface area contributed by atoms with Crippen molar-refractivity contribution in [2.75, 3.05) is 13.6 Å². The van der Waals surface area contributed by atoms with Gasteiger partial charge in [0.15, 0.2) is 0 Å². The molecule has 1 atom stereocenters. The van der Waals surface area contributed by atoms with E-state index < -0.39 is 0 Å². The summed E-state index contributed by atoms with van der Waals surface area (Å²) in [5, 5.41) is 9.41. The van der Waals surface area contributed by atoms with Gasteiger partial charge < -0.3 is 0 Å². The zero-order valence-electron chi connectivity index (χ0n) is 12.3. The van der Waals surface area contributed by atoms with Crippen molar-refractivity contribution < 1.29 is 4.39 Å². The highest BCUT2D eigenvalue weighted by Crippen LogP contribution is 2.21. The van der Waals surface area contributed by atoms with Gasteiger partial charge in [-0.05, 0) is 55.3 Å². The molecule has 1 unspecified atom stereocenters. The van der Waals surface area contributed by atoms with Crippen molar-refractivity contribution >= 4 is 0 Å². The smallest absolute Gasteiger partial charge is 0.126 e. The van der Waals surface area contributed by atoms with E-state index in [2.05, 4.69) is 11.1 Å². The maximum atomic E-state index is 13.3. The van der Waals surface area contributed by atoms with E-state index in [0.717, 1.165) is 18.5 Å². The number of nitriles is 1. The number of pyridine rings is 1. The summed E-state index contributed by atoms with van der Waals surface area (Å²) in [6.07, 6.45) is 4.37. The summed E-state index contributed by atoms with van der Waals surface area (Å²) in [7, 11) is 1.91. The summed E-state index contributed by atoms with van der Waals surface area (Å²) in [6.45, 7) is 2.46. The molecule has 1 aromatic carbocycles. The van der Waals surface area contributed by atoms with Crippen LogP contribution in [-0.2, 0) is 6.42 Å². The fourth-order valence-corrected chi connectivity index (χ4v) is 2.25. The minimum Gasteiger partial charge on any atom is -0.287 e. The number of hydrogen-bond donors (Lipinski definition) is 0. The standard InChI is InChI=1S/C17H18FN3/c1-13-11-15(3-4-16(13)18)17(12-19)21(2)10-7-14-5-8-20-9-6-14/h3-6,8-9,11,17H,7,10H2,1-2H3. The van der Waals surface area contributed by atoms with Gasteiger partial charge in [0.1, 0.15) is 11.9 Å². The lowest BCUT2D eigenvalue weighted by atomic mass is 10.0. The Kier molecular flexibility index (Phi) is 5.02.